The molecule has 8 heteroatoms. The molecule has 1 atom stereocenters. The lowest BCUT2D eigenvalue weighted by Crippen LogP contribution is -2.47. The van der Waals surface area contributed by atoms with Gasteiger partial charge in [0.1, 0.15) is 6.04 Å². The third kappa shape index (κ3) is 6.88. The van der Waals surface area contributed by atoms with Crippen molar-refractivity contribution in [2.45, 2.75) is 19.0 Å². The molecule has 3 amide bonds. The van der Waals surface area contributed by atoms with Gasteiger partial charge in [-0.1, -0.05) is 24.3 Å². The Kier molecular flexibility index (Phi) is 9.39. The van der Waals surface area contributed by atoms with Crippen LogP contribution in [0.3, 0.4) is 0 Å². The standard InChI is InChI=1S/C22H26BrN3O3S/c1-26(2)22(29)16-8-6-7-15(13-16)14-24-21(28)19(11-12-30-3)25-20(27)17-9-4-5-10-18(17)23/h4-10,13,19H,11-12,14H2,1-3H3,(H,24,28)(H,25,27). The molecule has 2 aromatic rings. The van der Waals surface area contributed by atoms with Crippen LogP contribution in [0.2, 0.25) is 0 Å². The second-order valence-electron chi connectivity index (χ2n) is 6.91. The molecule has 6 nitrogen and oxygen atoms in total. The van der Waals surface area contributed by atoms with Crippen molar-refractivity contribution in [1.29, 1.82) is 0 Å². The van der Waals surface area contributed by atoms with E-state index in [0.717, 1.165) is 11.3 Å². The summed E-state index contributed by atoms with van der Waals surface area (Å²) in [6.45, 7) is 0.272. The summed E-state index contributed by atoms with van der Waals surface area (Å²) in [4.78, 5) is 39.0. The number of hydrogen-bond acceptors (Lipinski definition) is 4. The maximum absolute atomic E-state index is 12.8. The largest absolute Gasteiger partial charge is 0.350 e. The van der Waals surface area contributed by atoms with Crippen molar-refractivity contribution in [2.24, 2.45) is 0 Å². The summed E-state index contributed by atoms with van der Waals surface area (Å²) in [6, 6.07) is 13.6. The molecule has 160 valence electrons. The van der Waals surface area contributed by atoms with E-state index in [1.807, 2.05) is 18.4 Å². The first-order valence-electron chi connectivity index (χ1n) is 9.46. The molecule has 0 aliphatic heterocycles. The summed E-state index contributed by atoms with van der Waals surface area (Å²) in [5.74, 6) is 0.0825. The molecular formula is C22H26BrN3O3S. The highest BCUT2D eigenvalue weighted by atomic mass is 79.9. The van der Waals surface area contributed by atoms with Crippen molar-refractivity contribution in [2.75, 3.05) is 26.1 Å². The van der Waals surface area contributed by atoms with E-state index in [4.69, 9.17) is 0 Å². The number of carbonyl (C=O) groups excluding carboxylic acids is 3. The van der Waals surface area contributed by atoms with Gasteiger partial charge >= 0.3 is 0 Å². The Morgan fingerprint density at radius 3 is 2.50 bits per heavy atom. The molecule has 0 saturated heterocycles. The molecular weight excluding hydrogens is 466 g/mol. The molecule has 0 radical (unpaired) electrons. The monoisotopic (exact) mass is 491 g/mol. The molecule has 0 fully saturated rings. The quantitative estimate of drug-likeness (QED) is 0.563. The van der Waals surface area contributed by atoms with E-state index in [1.54, 1.807) is 62.3 Å². The zero-order valence-electron chi connectivity index (χ0n) is 17.3. The predicted molar refractivity (Wildman–Crippen MR) is 125 cm³/mol. The Morgan fingerprint density at radius 2 is 1.83 bits per heavy atom. The first-order chi connectivity index (χ1) is 14.3. The van der Waals surface area contributed by atoms with E-state index >= 15 is 0 Å². The summed E-state index contributed by atoms with van der Waals surface area (Å²) in [5, 5.41) is 5.71. The fraction of sp³-hybridized carbons (Fsp3) is 0.318. The van der Waals surface area contributed by atoms with Gasteiger partial charge in [-0.25, -0.2) is 0 Å². The Hall–Kier alpha value is -2.32. The highest BCUT2D eigenvalue weighted by Gasteiger charge is 2.22. The molecule has 0 aliphatic rings. The topological polar surface area (TPSA) is 78.5 Å². The zero-order chi connectivity index (χ0) is 22.1. The average molecular weight is 492 g/mol. The van der Waals surface area contributed by atoms with Crippen molar-refractivity contribution >= 4 is 45.4 Å². The molecule has 0 aliphatic carbocycles. The van der Waals surface area contributed by atoms with Crippen LogP contribution in [0, 0.1) is 0 Å². The maximum atomic E-state index is 12.8. The first kappa shape index (κ1) is 24.0. The molecule has 0 spiro atoms. The van der Waals surface area contributed by atoms with Crippen molar-refractivity contribution < 1.29 is 14.4 Å². The van der Waals surface area contributed by atoms with Crippen LogP contribution in [0.25, 0.3) is 0 Å². The number of rotatable bonds is 9. The van der Waals surface area contributed by atoms with Gasteiger partial charge in [-0.15, -0.1) is 0 Å². The molecule has 2 N–H and O–H groups in total. The van der Waals surface area contributed by atoms with Crippen LogP contribution in [-0.2, 0) is 11.3 Å². The Bertz CT molecular complexity index is 905. The van der Waals surface area contributed by atoms with E-state index in [-0.39, 0.29) is 24.3 Å². The third-order valence-electron chi connectivity index (χ3n) is 4.40. The Morgan fingerprint density at radius 1 is 1.10 bits per heavy atom. The summed E-state index contributed by atoms with van der Waals surface area (Å²) in [5.41, 5.74) is 1.86. The van der Waals surface area contributed by atoms with Crippen LogP contribution in [0.4, 0.5) is 0 Å². The molecule has 30 heavy (non-hydrogen) atoms. The normalized spacial score (nSPS) is 11.5. The lowest BCUT2D eigenvalue weighted by Gasteiger charge is -2.19. The average Bonchev–Trinajstić information content (AvgIpc) is 2.74. The maximum Gasteiger partial charge on any atom is 0.253 e. The Labute approximate surface area is 189 Å². The molecule has 0 bridgehead atoms. The number of hydrogen-bond donors (Lipinski definition) is 2. The van der Waals surface area contributed by atoms with Crippen LogP contribution >= 0.6 is 27.7 Å². The highest BCUT2D eigenvalue weighted by molar-refractivity contribution is 9.10. The van der Waals surface area contributed by atoms with Crippen LogP contribution < -0.4 is 10.6 Å². The van der Waals surface area contributed by atoms with E-state index in [0.29, 0.717) is 22.0 Å². The minimum absolute atomic E-state index is 0.0956. The van der Waals surface area contributed by atoms with E-state index in [9.17, 15) is 14.4 Å². The minimum atomic E-state index is -0.649. The molecule has 1 unspecified atom stereocenters. The van der Waals surface area contributed by atoms with E-state index < -0.39 is 6.04 Å². The molecule has 2 aromatic carbocycles. The van der Waals surface area contributed by atoms with E-state index in [2.05, 4.69) is 26.6 Å². The highest BCUT2D eigenvalue weighted by Crippen LogP contribution is 2.16. The van der Waals surface area contributed by atoms with Crippen LogP contribution in [0.15, 0.2) is 53.0 Å². The van der Waals surface area contributed by atoms with Gasteiger partial charge in [-0.3, -0.25) is 14.4 Å². The van der Waals surface area contributed by atoms with Crippen molar-refractivity contribution in [3.63, 3.8) is 0 Å². The zero-order valence-corrected chi connectivity index (χ0v) is 19.7. The smallest absolute Gasteiger partial charge is 0.253 e. The van der Waals surface area contributed by atoms with Crippen LogP contribution in [-0.4, -0.2) is 54.8 Å². The number of carbonyl (C=O) groups is 3. The fourth-order valence-corrected chi connectivity index (χ4v) is 3.71. The molecule has 0 aromatic heterocycles. The molecule has 0 heterocycles. The summed E-state index contributed by atoms with van der Waals surface area (Å²) < 4.78 is 0.675. The van der Waals surface area contributed by atoms with Gasteiger partial charge in [0.2, 0.25) is 5.91 Å². The van der Waals surface area contributed by atoms with Gasteiger partial charge < -0.3 is 15.5 Å². The van der Waals surface area contributed by atoms with Crippen molar-refractivity contribution in [1.82, 2.24) is 15.5 Å². The number of nitrogens with zero attached hydrogens (tertiary/aromatic N) is 1. The van der Waals surface area contributed by atoms with Gasteiger partial charge in [0, 0.05) is 30.7 Å². The third-order valence-corrected chi connectivity index (χ3v) is 5.73. The number of halogens is 1. The number of amides is 3. The summed E-state index contributed by atoms with van der Waals surface area (Å²) >= 11 is 4.98. The number of thioether (sulfide) groups is 1. The number of nitrogens with one attached hydrogen (secondary N) is 2. The van der Waals surface area contributed by atoms with Gasteiger partial charge in [0.25, 0.3) is 11.8 Å². The van der Waals surface area contributed by atoms with Crippen molar-refractivity contribution in [3.05, 3.63) is 69.7 Å². The van der Waals surface area contributed by atoms with Crippen LogP contribution in [0.1, 0.15) is 32.7 Å². The van der Waals surface area contributed by atoms with Gasteiger partial charge in [-0.2, -0.15) is 11.8 Å². The lowest BCUT2D eigenvalue weighted by atomic mass is 10.1. The molecule has 0 saturated carbocycles. The molecule has 2 rings (SSSR count). The van der Waals surface area contributed by atoms with Crippen molar-refractivity contribution in [3.8, 4) is 0 Å². The SMILES string of the molecule is CSCCC(NC(=O)c1ccccc1Br)C(=O)NCc1cccc(C(=O)N(C)C)c1. The number of benzene rings is 2. The second kappa shape index (κ2) is 11.8. The fourth-order valence-electron chi connectivity index (χ4n) is 2.77. The summed E-state index contributed by atoms with van der Waals surface area (Å²) in [6.07, 6.45) is 2.47. The van der Waals surface area contributed by atoms with Gasteiger partial charge in [0.15, 0.2) is 0 Å². The minimum Gasteiger partial charge on any atom is -0.350 e. The predicted octanol–water partition coefficient (Wildman–Crippen LogP) is 3.32. The van der Waals surface area contributed by atoms with Crippen LogP contribution in [0.5, 0.6) is 0 Å². The lowest BCUT2D eigenvalue weighted by molar-refractivity contribution is -0.123. The van der Waals surface area contributed by atoms with Gasteiger partial charge in [-0.05, 0) is 64.2 Å². The van der Waals surface area contributed by atoms with E-state index in [1.165, 1.54) is 4.90 Å². The first-order valence-corrected chi connectivity index (χ1v) is 11.6. The second-order valence-corrected chi connectivity index (χ2v) is 8.75. The summed E-state index contributed by atoms with van der Waals surface area (Å²) in [7, 11) is 3.39. The Balaban J connectivity index is 2.05. The van der Waals surface area contributed by atoms with Gasteiger partial charge in [0.05, 0.1) is 5.56 Å².